The maximum absolute atomic E-state index is 13.6. The van der Waals surface area contributed by atoms with Crippen LogP contribution >= 0.6 is 0 Å². The highest BCUT2D eigenvalue weighted by atomic mass is 19.1. The van der Waals surface area contributed by atoms with E-state index in [9.17, 15) is 8.78 Å². The Labute approximate surface area is 115 Å². The molecule has 0 aliphatic rings. The minimum Gasteiger partial charge on any atom is -0.461 e. The number of furan rings is 1. The zero-order valence-electron chi connectivity index (χ0n) is 10.9. The predicted octanol–water partition coefficient (Wildman–Crippen LogP) is 4.63. The third-order valence-corrected chi connectivity index (χ3v) is 3.30. The van der Waals surface area contributed by atoms with Gasteiger partial charge in [0.15, 0.2) is 0 Å². The van der Waals surface area contributed by atoms with Crippen molar-refractivity contribution in [3.63, 3.8) is 0 Å². The molecule has 0 bridgehead atoms. The van der Waals surface area contributed by atoms with E-state index in [1.165, 1.54) is 18.2 Å². The number of nitrogens with one attached hydrogen (secondary N) is 1. The van der Waals surface area contributed by atoms with E-state index in [2.05, 4.69) is 5.32 Å². The third kappa shape index (κ3) is 2.13. The van der Waals surface area contributed by atoms with E-state index in [1.54, 1.807) is 0 Å². The molecule has 0 aliphatic carbocycles. The number of para-hydroxylation sites is 2. The van der Waals surface area contributed by atoms with E-state index >= 15 is 0 Å². The summed E-state index contributed by atoms with van der Waals surface area (Å²) < 4.78 is 32.8. The molecule has 2 aromatic carbocycles. The van der Waals surface area contributed by atoms with Crippen molar-refractivity contribution in [2.75, 3.05) is 5.32 Å². The molecule has 1 heterocycles. The van der Waals surface area contributed by atoms with Crippen LogP contribution < -0.4 is 5.32 Å². The van der Waals surface area contributed by atoms with Crippen molar-refractivity contribution in [1.82, 2.24) is 0 Å². The summed E-state index contributed by atoms with van der Waals surface area (Å²) in [5.41, 5.74) is 1.57. The Morgan fingerprint density at radius 3 is 2.45 bits per heavy atom. The fourth-order valence-corrected chi connectivity index (χ4v) is 2.28. The van der Waals surface area contributed by atoms with Gasteiger partial charge in [-0.1, -0.05) is 24.3 Å². The summed E-state index contributed by atoms with van der Waals surface area (Å²) in [6.07, 6.45) is 0. The first-order valence-electron chi connectivity index (χ1n) is 6.31. The van der Waals surface area contributed by atoms with Crippen molar-refractivity contribution in [1.29, 1.82) is 0 Å². The summed E-state index contributed by atoms with van der Waals surface area (Å²) in [6, 6.07) is 11.4. The second-order valence-electron chi connectivity index (χ2n) is 4.58. The number of benzene rings is 2. The highest BCUT2D eigenvalue weighted by Gasteiger charge is 2.12. The van der Waals surface area contributed by atoms with E-state index in [-0.39, 0.29) is 5.69 Å². The number of anilines is 1. The van der Waals surface area contributed by atoms with Crippen LogP contribution in [-0.2, 0) is 6.54 Å². The lowest BCUT2D eigenvalue weighted by Gasteiger charge is -2.08. The minimum absolute atomic E-state index is 0.114. The van der Waals surface area contributed by atoms with Gasteiger partial charge in [-0.15, -0.1) is 0 Å². The van der Waals surface area contributed by atoms with Crippen LogP contribution in [0, 0.1) is 18.6 Å². The molecule has 0 fully saturated rings. The molecule has 1 N–H and O–H groups in total. The van der Waals surface area contributed by atoms with E-state index in [0.29, 0.717) is 6.54 Å². The van der Waals surface area contributed by atoms with Crippen LogP contribution in [0.25, 0.3) is 11.0 Å². The lowest BCUT2D eigenvalue weighted by Crippen LogP contribution is -2.04. The SMILES string of the molecule is Cc1oc2ccccc2c1CNc1c(F)cccc1F. The van der Waals surface area contributed by atoms with Crippen LogP contribution in [0.3, 0.4) is 0 Å². The second-order valence-corrected chi connectivity index (χ2v) is 4.58. The highest BCUT2D eigenvalue weighted by Crippen LogP contribution is 2.27. The van der Waals surface area contributed by atoms with Gasteiger partial charge in [-0.25, -0.2) is 8.78 Å². The summed E-state index contributed by atoms with van der Waals surface area (Å²) in [5.74, 6) is -0.457. The van der Waals surface area contributed by atoms with Crippen LogP contribution in [0.5, 0.6) is 0 Å². The Balaban J connectivity index is 1.93. The van der Waals surface area contributed by atoms with Gasteiger partial charge in [-0.3, -0.25) is 0 Å². The second kappa shape index (κ2) is 4.96. The average molecular weight is 273 g/mol. The van der Waals surface area contributed by atoms with Gasteiger partial charge in [0.05, 0.1) is 0 Å². The average Bonchev–Trinajstić information content (AvgIpc) is 2.74. The summed E-state index contributed by atoms with van der Waals surface area (Å²) in [6.45, 7) is 2.15. The largest absolute Gasteiger partial charge is 0.461 e. The number of hydrogen-bond acceptors (Lipinski definition) is 2. The van der Waals surface area contributed by atoms with E-state index in [1.807, 2.05) is 31.2 Å². The predicted molar refractivity (Wildman–Crippen MR) is 74.6 cm³/mol. The molecular weight excluding hydrogens is 260 g/mol. The van der Waals surface area contributed by atoms with Gasteiger partial charge in [-0.05, 0) is 25.1 Å². The Morgan fingerprint density at radius 1 is 1.00 bits per heavy atom. The van der Waals surface area contributed by atoms with Gasteiger partial charge >= 0.3 is 0 Å². The molecule has 0 spiro atoms. The van der Waals surface area contributed by atoms with Crippen molar-refractivity contribution >= 4 is 16.7 Å². The van der Waals surface area contributed by atoms with Gasteiger partial charge in [0, 0.05) is 17.5 Å². The van der Waals surface area contributed by atoms with Gasteiger partial charge in [0.2, 0.25) is 0 Å². The Bertz CT molecular complexity index is 744. The first kappa shape index (κ1) is 12.7. The molecule has 0 aliphatic heterocycles. The molecule has 4 heteroatoms. The highest BCUT2D eigenvalue weighted by molar-refractivity contribution is 5.82. The summed E-state index contributed by atoms with van der Waals surface area (Å²) in [5, 5.41) is 3.76. The molecule has 0 saturated carbocycles. The molecule has 0 amide bonds. The quantitative estimate of drug-likeness (QED) is 0.752. The number of fused-ring (bicyclic) bond motifs is 1. The molecule has 0 unspecified atom stereocenters. The molecule has 3 aromatic rings. The van der Waals surface area contributed by atoms with Crippen molar-refractivity contribution in [2.45, 2.75) is 13.5 Å². The van der Waals surface area contributed by atoms with Crippen molar-refractivity contribution in [2.24, 2.45) is 0 Å². The number of hydrogen-bond donors (Lipinski definition) is 1. The number of rotatable bonds is 3. The fourth-order valence-electron chi connectivity index (χ4n) is 2.28. The molecule has 102 valence electrons. The Morgan fingerprint density at radius 2 is 1.70 bits per heavy atom. The first-order chi connectivity index (χ1) is 9.66. The van der Waals surface area contributed by atoms with Crippen LogP contribution in [0.4, 0.5) is 14.5 Å². The molecule has 20 heavy (non-hydrogen) atoms. The van der Waals surface area contributed by atoms with Crippen LogP contribution in [0.15, 0.2) is 46.9 Å². The standard InChI is InChI=1S/C16H13F2NO/c1-10-12(11-5-2-3-8-15(11)20-10)9-19-16-13(17)6-4-7-14(16)18/h2-8,19H,9H2,1H3. The molecule has 0 saturated heterocycles. The van der Waals surface area contributed by atoms with Gasteiger partial charge < -0.3 is 9.73 Å². The monoisotopic (exact) mass is 273 g/mol. The Kier molecular flexibility index (Phi) is 3.14. The smallest absolute Gasteiger partial charge is 0.149 e. The lowest BCUT2D eigenvalue weighted by atomic mass is 10.1. The molecule has 0 radical (unpaired) electrons. The topological polar surface area (TPSA) is 25.2 Å². The molecule has 2 nitrogen and oxygen atoms in total. The summed E-state index contributed by atoms with van der Waals surface area (Å²) >= 11 is 0. The lowest BCUT2D eigenvalue weighted by molar-refractivity contribution is 0.571. The van der Waals surface area contributed by atoms with Gasteiger partial charge in [0.25, 0.3) is 0 Å². The van der Waals surface area contributed by atoms with Crippen molar-refractivity contribution in [3.8, 4) is 0 Å². The molecular formula is C16H13F2NO. The maximum Gasteiger partial charge on any atom is 0.149 e. The Hall–Kier alpha value is -2.36. The van der Waals surface area contributed by atoms with E-state index in [0.717, 1.165) is 22.3 Å². The molecule has 0 atom stereocenters. The van der Waals surface area contributed by atoms with Crippen molar-refractivity contribution < 1.29 is 13.2 Å². The molecule has 3 rings (SSSR count). The fraction of sp³-hybridized carbons (Fsp3) is 0.125. The third-order valence-electron chi connectivity index (χ3n) is 3.30. The summed E-state index contributed by atoms with van der Waals surface area (Å²) in [4.78, 5) is 0. The van der Waals surface area contributed by atoms with Crippen LogP contribution in [0.2, 0.25) is 0 Å². The van der Waals surface area contributed by atoms with Gasteiger partial charge in [-0.2, -0.15) is 0 Å². The molecule has 1 aromatic heterocycles. The van der Waals surface area contributed by atoms with E-state index < -0.39 is 11.6 Å². The first-order valence-corrected chi connectivity index (χ1v) is 6.31. The minimum atomic E-state index is -0.601. The summed E-state index contributed by atoms with van der Waals surface area (Å²) in [7, 11) is 0. The number of aryl methyl sites for hydroxylation is 1. The van der Waals surface area contributed by atoms with E-state index in [4.69, 9.17) is 4.42 Å². The maximum atomic E-state index is 13.6. The van der Waals surface area contributed by atoms with Crippen LogP contribution in [-0.4, -0.2) is 0 Å². The van der Waals surface area contributed by atoms with Gasteiger partial charge in [0.1, 0.15) is 28.7 Å². The number of halogens is 2. The zero-order valence-corrected chi connectivity index (χ0v) is 10.9. The zero-order chi connectivity index (χ0) is 14.1. The van der Waals surface area contributed by atoms with Crippen molar-refractivity contribution in [3.05, 3.63) is 65.4 Å². The normalized spacial score (nSPS) is 10.9. The van der Waals surface area contributed by atoms with Crippen LogP contribution in [0.1, 0.15) is 11.3 Å².